The molecule has 11 heteroatoms. The van der Waals surface area contributed by atoms with Gasteiger partial charge in [-0.15, -0.1) is 23.1 Å². The minimum Gasteiger partial charge on any atom is -0.896 e. The average Bonchev–Trinajstić information content (AvgIpc) is 1.70. The van der Waals surface area contributed by atoms with Crippen LogP contribution < -0.4 is 30.1 Å². The molecule has 0 saturated carbocycles. The van der Waals surface area contributed by atoms with Crippen LogP contribution in [0.2, 0.25) is 0 Å². The van der Waals surface area contributed by atoms with E-state index in [9.17, 15) is 0 Å². The Labute approximate surface area is 87.5 Å². The SMILES string of the molecule is [Fe+3].[Fe+3].[O-]B[O-].[O-]B[O-].[O-]B[O-]. The van der Waals surface area contributed by atoms with Gasteiger partial charge in [0.15, 0.2) is 0 Å². The standard InChI is InChI=1S/3BHO2.2Fe/c3*2-1-3;;/h3*1H;;/q3*-2;2*+3. The summed E-state index contributed by atoms with van der Waals surface area (Å²) in [5.41, 5.74) is 0. The van der Waals surface area contributed by atoms with Crippen LogP contribution >= 0.6 is 0 Å². The zero-order valence-corrected chi connectivity index (χ0v) is 7.49. The zero-order chi connectivity index (χ0) is 8.12. The first-order valence-electron chi connectivity index (χ1n) is 1.73. The molecule has 11 heavy (non-hydrogen) atoms. The summed E-state index contributed by atoms with van der Waals surface area (Å²) < 4.78 is 0. The summed E-state index contributed by atoms with van der Waals surface area (Å²) in [6.07, 6.45) is 0. The largest absolute Gasteiger partial charge is 3.00 e. The minimum absolute atomic E-state index is 0. The maximum Gasteiger partial charge on any atom is 3.00 e. The van der Waals surface area contributed by atoms with Gasteiger partial charge in [-0.2, -0.15) is 0 Å². The molecular weight excluding hydrogens is 240 g/mol. The average molecular weight is 243 g/mol. The van der Waals surface area contributed by atoms with Crippen molar-refractivity contribution in [2.45, 2.75) is 0 Å². The van der Waals surface area contributed by atoms with Gasteiger partial charge in [0.25, 0.3) is 0 Å². The molecule has 64 valence electrons. The first kappa shape index (κ1) is 29.6. The fourth-order valence-electron chi connectivity index (χ4n) is 0. The van der Waals surface area contributed by atoms with Crippen LogP contribution in [-0.2, 0) is 34.1 Å². The quantitative estimate of drug-likeness (QED) is 0.387. The van der Waals surface area contributed by atoms with E-state index in [4.69, 9.17) is 30.1 Å². The molecular formula is H3B3Fe2O6. The van der Waals surface area contributed by atoms with Crippen LogP contribution in [0.4, 0.5) is 0 Å². The Balaban J connectivity index is -0.0000000150. The van der Waals surface area contributed by atoms with Crippen LogP contribution in [0.5, 0.6) is 0 Å². The molecule has 0 aliphatic heterocycles. The number of hydrogen-bond acceptors (Lipinski definition) is 6. The number of rotatable bonds is 0. The molecule has 0 aliphatic rings. The molecule has 0 aromatic heterocycles. The Morgan fingerprint density at radius 2 is 0.455 bits per heavy atom. The minimum atomic E-state index is -1.25. The molecule has 0 aromatic carbocycles. The Morgan fingerprint density at radius 3 is 0.455 bits per heavy atom. The van der Waals surface area contributed by atoms with E-state index < -0.39 is 23.1 Å². The van der Waals surface area contributed by atoms with E-state index in [0.29, 0.717) is 0 Å². The predicted octanol–water partition coefficient (Wildman–Crippen LogP) is -9.08. The van der Waals surface area contributed by atoms with Crippen molar-refractivity contribution in [3.05, 3.63) is 0 Å². The van der Waals surface area contributed by atoms with Gasteiger partial charge >= 0.3 is 34.1 Å². The molecule has 0 rings (SSSR count). The summed E-state index contributed by atoms with van der Waals surface area (Å²) in [7, 11) is -3.75. The van der Waals surface area contributed by atoms with Crippen LogP contribution in [0.1, 0.15) is 0 Å². The molecule has 0 atom stereocenters. The summed E-state index contributed by atoms with van der Waals surface area (Å²) >= 11 is 0. The second-order valence-electron chi connectivity index (χ2n) is 0.354. The van der Waals surface area contributed by atoms with Gasteiger partial charge in [-0.05, 0) is 0 Å². The summed E-state index contributed by atoms with van der Waals surface area (Å²) in [5.74, 6) is 0. The van der Waals surface area contributed by atoms with Gasteiger partial charge in [0.1, 0.15) is 0 Å². The van der Waals surface area contributed by atoms with E-state index in [0.717, 1.165) is 0 Å². The topological polar surface area (TPSA) is 138 Å². The van der Waals surface area contributed by atoms with Crippen molar-refractivity contribution in [3.63, 3.8) is 0 Å². The third-order valence-electron chi connectivity index (χ3n) is 0. The van der Waals surface area contributed by atoms with Gasteiger partial charge in [0.05, 0.1) is 0 Å². The molecule has 0 aromatic rings. The van der Waals surface area contributed by atoms with Crippen molar-refractivity contribution in [1.29, 1.82) is 0 Å². The Kier molecular flexibility index (Phi) is 185. The molecule has 0 bridgehead atoms. The molecule has 0 N–H and O–H groups in total. The summed E-state index contributed by atoms with van der Waals surface area (Å²) in [6.45, 7) is 0. The van der Waals surface area contributed by atoms with Crippen LogP contribution in [0, 0.1) is 0 Å². The van der Waals surface area contributed by atoms with Gasteiger partial charge in [0, 0.05) is 0 Å². The van der Waals surface area contributed by atoms with Crippen LogP contribution in [0.3, 0.4) is 0 Å². The van der Waals surface area contributed by atoms with Crippen molar-refractivity contribution in [2.75, 3.05) is 0 Å². The van der Waals surface area contributed by atoms with Gasteiger partial charge in [-0.1, -0.05) is 0 Å². The molecule has 0 aliphatic carbocycles. The molecule has 2 radical (unpaired) electrons. The second kappa shape index (κ2) is 68.8. The Hall–Kier alpha value is 0.994. The van der Waals surface area contributed by atoms with Crippen LogP contribution in [0.15, 0.2) is 0 Å². The normalized spacial score (nSPS) is 3.82. The second-order valence-corrected chi connectivity index (χ2v) is 0.354. The molecule has 0 amide bonds. The van der Waals surface area contributed by atoms with E-state index in [1.54, 1.807) is 0 Å². The van der Waals surface area contributed by atoms with E-state index in [1.165, 1.54) is 0 Å². The van der Waals surface area contributed by atoms with Crippen molar-refractivity contribution in [2.24, 2.45) is 0 Å². The summed E-state index contributed by atoms with van der Waals surface area (Å²) in [6, 6.07) is 0. The monoisotopic (exact) mass is 244 g/mol. The maximum atomic E-state index is 8.38. The van der Waals surface area contributed by atoms with E-state index >= 15 is 0 Å². The fraction of sp³-hybridized carbons (Fsp3) is 0. The molecule has 0 spiro atoms. The summed E-state index contributed by atoms with van der Waals surface area (Å²) in [4.78, 5) is 0. The molecule has 0 saturated heterocycles. The predicted molar refractivity (Wildman–Crippen MR) is 21.4 cm³/mol. The molecule has 0 unspecified atom stereocenters. The van der Waals surface area contributed by atoms with E-state index in [2.05, 4.69) is 0 Å². The first-order chi connectivity index (χ1) is 4.24. The van der Waals surface area contributed by atoms with Crippen LogP contribution in [0.25, 0.3) is 0 Å². The van der Waals surface area contributed by atoms with Crippen molar-refractivity contribution in [3.8, 4) is 0 Å². The Morgan fingerprint density at radius 1 is 0.455 bits per heavy atom. The van der Waals surface area contributed by atoms with E-state index in [1.807, 2.05) is 0 Å². The Bertz CT molecular complexity index is 20.5. The summed E-state index contributed by atoms with van der Waals surface area (Å²) in [5, 5.41) is 50.2. The van der Waals surface area contributed by atoms with Crippen molar-refractivity contribution < 1.29 is 64.3 Å². The maximum absolute atomic E-state index is 8.38. The zero-order valence-electron chi connectivity index (χ0n) is 5.28. The third-order valence-corrected chi connectivity index (χ3v) is 0. The van der Waals surface area contributed by atoms with Crippen molar-refractivity contribution in [1.82, 2.24) is 0 Å². The van der Waals surface area contributed by atoms with Gasteiger partial charge in [-0.25, -0.2) is 0 Å². The molecule has 0 fully saturated rings. The van der Waals surface area contributed by atoms with Gasteiger partial charge in [0.2, 0.25) is 0 Å². The smallest absolute Gasteiger partial charge is 0.896 e. The third kappa shape index (κ3) is 900. The van der Waals surface area contributed by atoms with Crippen LogP contribution in [-0.4, -0.2) is 23.1 Å². The van der Waals surface area contributed by atoms with Crippen molar-refractivity contribution >= 4 is 23.1 Å². The van der Waals surface area contributed by atoms with Gasteiger partial charge in [-0.3, -0.25) is 0 Å². The first-order valence-corrected chi connectivity index (χ1v) is 1.73. The molecule has 0 heterocycles. The van der Waals surface area contributed by atoms with Gasteiger partial charge < -0.3 is 30.1 Å². The molecule has 6 nitrogen and oxygen atoms in total. The number of hydrogen-bond donors (Lipinski definition) is 0. The fourth-order valence-corrected chi connectivity index (χ4v) is 0. The van der Waals surface area contributed by atoms with E-state index in [-0.39, 0.29) is 34.1 Å².